The zero-order chi connectivity index (χ0) is 31.2. The zero-order valence-electron chi connectivity index (χ0n) is 25.5. The van der Waals surface area contributed by atoms with Crippen LogP contribution in [-0.2, 0) is 0 Å². The lowest BCUT2D eigenvalue weighted by Gasteiger charge is -2.24. The summed E-state index contributed by atoms with van der Waals surface area (Å²) in [6.07, 6.45) is -0.365. The third-order valence-electron chi connectivity index (χ3n) is 8.95. The summed E-state index contributed by atoms with van der Waals surface area (Å²) in [7, 11) is 0. The van der Waals surface area contributed by atoms with E-state index >= 15 is 0 Å². The van der Waals surface area contributed by atoms with E-state index in [0.29, 0.717) is 5.84 Å². The van der Waals surface area contributed by atoms with Crippen LogP contribution < -0.4 is 5.32 Å². The Morgan fingerprint density at radius 1 is 0.468 bits per heavy atom. The second kappa shape index (κ2) is 11.3. The lowest BCUT2D eigenvalue weighted by molar-refractivity contribution is 0.662. The van der Waals surface area contributed by atoms with Crippen molar-refractivity contribution in [2.24, 2.45) is 9.98 Å². The van der Waals surface area contributed by atoms with Crippen molar-refractivity contribution in [1.29, 1.82) is 0 Å². The lowest BCUT2D eigenvalue weighted by atomic mass is 9.98. The van der Waals surface area contributed by atoms with Gasteiger partial charge in [-0.2, -0.15) is 0 Å². The zero-order valence-corrected chi connectivity index (χ0v) is 25.5. The number of hydrogen-bond acceptors (Lipinski definition) is 4. The quantitative estimate of drug-likeness (QED) is 0.213. The normalized spacial score (nSPS) is 14.6. The van der Waals surface area contributed by atoms with Gasteiger partial charge in [0.05, 0.1) is 0 Å². The molecular formula is C43H29N3O. The molecule has 0 amide bonds. The number of fused-ring (bicyclic) bond motifs is 4. The minimum Gasteiger partial charge on any atom is -0.456 e. The minimum atomic E-state index is -0.365. The Morgan fingerprint density at radius 3 is 1.91 bits per heavy atom. The highest BCUT2D eigenvalue weighted by molar-refractivity contribution is 6.14. The van der Waals surface area contributed by atoms with E-state index < -0.39 is 0 Å². The first kappa shape index (κ1) is 27.1. The molecule has 1 aliphatic rings. The maximum atomic E-state index is 6.51. The van der Waals surface area contributed by atoms with Crippen LogP contribution in [0.15, 0.2) is 178 Å². The average Bonchev–Trinajstić information content (AvgIpc) is 3.53. The Labute approximate surface area is 272 Å². The second-order valence-electron chi connectivity index (χ2n) is 11.9. The van der Waals surface area contributed by atoms with Gasteiger partial charge in [-0.15, -0.1) is 0 Å². The molecule has 8 aromatic rings. The summed E-state index contributed by atoms with van der Waals surface area (Å²) in [5.74, 6) is 1.48. The Kier molecular flexibility index (Phi) is 6.50. The van der Waals surface area contributed by atoms with E-state index in [1.807, 2.05) is 36.4 Å². The summed E-state index contributed by atoms with van der Waals surface area (Å²) < 4.78 is 6.51. The smallest absolute Gasteiger partial charge is 0.159 e. The van der Waals surface area contributed by atoms with Gasteiger partial charge in [-0.05, 0) is 57.3 Å². The van der Waals surface area contributed by atoms with E-state index in [-0.39, 0.29) is 6.17 Å². The van der Waals surface area contributed by atoms with Crippen molar-refractivity contribution in [3.05, 3.63) is 180 Å². The van der Waals surface area contributed by atoms with Crippen molar-refractivity contribution in [3.8, 4) is 22.3 Å². The van der Waals surface area contributed by atoms with Crippen molar-refractivity contribution in [2.75, 3.05) is 0 Å². The minimum absolute atomic E-state index is 0.365. The van der Waals surface area contributed by atoms with Crippen LogP contribution in [0.5, 0.6) is 0 Å². The molecule has 222 valence electrons. The molecule has 0 saturated carbocycles. The van der Waals surface area contributed by atoms with E-state index in [1.54, 1.807) is 0 Å². The number of nitrogens with one attached hydrogen (secondary N) is 1. The Bertz CT molecular complexity index is 2480. The molecule has 0 bridgehead atoms. The molecule has 9 rings (SSSR count). The predicted octanol–water partition coefficient (Wildman–Crippen LogP) is 10.6. The molecule has 0 saturated heterocycles. The molecule has 1 unspecified atom stereocenters. The van der Waals surface area contributed by atoms with Gasteiger partial charge in [0, 0.05) is 27.5 Å². The number of nitrogens with zero attached hydrogens (tertiary/aromatic N) is 2. The van der Waals surface area contributed by atoms with Gasteiger partial charge in [0.15, 0.2) is 5.84 Å². The molecule has 0 aliphatic carbocycles. The van der Waals surface area contributed by atoms with Crippen LogP contribution in [0.1, 0.15) is 22.9 Å². The number of furan rings is 1. The average molecular weight is 604 g/mol. The van der Waals surface area contributed by atoms with Gasteiger partial charge in [-0.3, -0.25) is 0 Å². The van der Waals surface area contributed by atoms with Gasteiger partial charge in [-0.1, -0.05) is 140 Å². The van der Waals surface area contributed by atoms with Gasteiger partial charge >= 0.3 is 0 Å². The summed E-state index contributed by atoms with van der Waals surface area (Å²) in [4.78, 5) is 10.2. The first-order chi connectivity index (χ1) is 23.3. The molecule has 1 N–H and O–H groups in total. The molecule has 7 aromatic carbocycles. The molecule has 1 aliphatic heterocycles. The van der Waals surface area contributed by atoms with E-state index in [9.17, 15) is 0 Å². The second-order valence-corrected chi connectivity index (χ2v) is 11.9. The predicted molar refractivity (Wildman–Crippen MR) is 194 cm³/mol. The summed E-state index contributed by atoms with van der Waals surface area (Å²) in [5.41, 5.74) is 9.34. The fourth-order valence-electron chi connectivity index (χ4n) is 6.55. The molecular weight excluding hydrogens is 574 g/mol. The highest BCUT2D eigenvalue weighted by Gasteiger charge is 2.24. The molecule has 0 radical (unpaired) electrons. The molecule has 1 atom stereocenters. The van der Waals surface area contributed by atoms with Crippen molar-refractivity contribution in [1.82, 2.24) is 5.32 Å². The molecule has 1 aromatic heterocycles. The molecule has 47 heavy (non-hydrogen) atoms. The molecule has 4 nitrogen and oxygen atoms in total. The van der Waals surface area contributed by atoms with E-state index in [2.05, 4.69) is 133 Å². The number of aliphatic imine (C=N–C) groups is 2. The largest absolute Gasteiger partial charge is 0.456 e. The van der Waals surface area contributed by atoms with Gasteiger partial charge in [-0.25, -0.2) is 9.98 Å². The summed E-state index contributed by atoms with van der Waals surface area (Å²) in [5, 5.41) is 8.24. The third-order valence-corrected chi connectivity index (χ3v) is 8.95. The lowest BCUT2D eigenvalue weighted by Crippen LogP contribution is -2.33. The van der Waals surface area contributed by atoms with E-state index in [0.717, 1.165) is 61.2 Å². The van der Waals surface area contributed by atoms with Crippen LogP contribution in [0, 0.1) is 0 Å². The van der Waals surface area contributed by atoms with Crippen molar-refractivity contribution < 1.29 is 4.42 Å². The van der Waals surface area contributed by atoms with E-state index in [4.69, 9.17) is 14.4 Å². The number of amidine groups is 2. The fraction of sp³-hybridized carbons (Fsp3) is 0.0233. The molecule has 0 fully saturated rings. The first-order valence-corrected chi connectivity index (χ1v) is 15.9. The van der Waals surface area contributed by atoms with Crippen LogP contribution in [0.3, 0.4) is 0 Å². The van der Waals surface area contributed by atoms with Gasteiger partial charge in [0.2, 0.25) is 0 Å². The standard InChI is InChI=1S/C43H29N3O/c1-3-10-28(11-4-1)30-18-21-32(22-19-30)42-44-41(31-13-5-2-6-14-31)45-43(46-42)37-16-9-17-38-40(37)36-25-24-35(27-39(36)47-38)34-23-20-29-12-7-8-15-33(29)26-34/h1-27,43H,(H,44,45,46). The maximum Gasteiger partial charge on any atom is 0.159 e. The topological polar surface area (TPSA) is 49.9 Å². The van der Waals surface area contributed by atoms with Gasteiger partial charge in [0.25, 0.3) is 0 Å². The van der Waals surface area contributed by atoms with Crippen molar-refractivity contribution in [2.45, 2.75) is 6.17 Å². The maximum absolute atomic E-state index is 6.51. The number of rotatable bonds is 5. The Balaban J connectivity index is 1.13. The summed E-state index contributed by atoms with van der Waals surface area (Å²) in [6.45, 7) is 0. The third kappa shape index (κ3) is 4.97. The Morgan fingerprint density at radius 2 is 1.11 bits per heavy atom. The summed E-state index contributed by atoms with van der Waals surface area (Å²) >= 11 is 0. The Hall–Kier alpha value is -6.26. The molecule has 0 spiro atoms. The monoisotopic (exact) mass is 603 g/mol. The van der Waals surface area contributed by atoms with Crippen molar-refractivity contribution >= 4 is 44.4 Å². The summed E-state index contributed by atoms with van der Waals surface area (Å²) in [6, 6.07) is 56.9. The highest BCUT2D eigenvalue weighted by atomic mass is 16.3. The number of benzene rings is 7. The van der Waals surface area contributed by atoms with Crippen LogP contribution >= 0.6 is 0 Å². The molecule has 2 heterocycles. The van der Waals surface area contributed by atoms with Gasteiger partial charge in [0.1, 0.15) is 23.2 Å². The van der Waals surface area contributed by atoms with Crippen LogP contribution in [0.4, 0.5) is 0 Å². The van der Waals surface area contributed by atoms with Crippen molar-refractivity contribution in [3.63, 3.8) is 0 Å². The molecule has 4 heteroatoms. The number of hydrogen-bond donors (Lipinski definition) is 1. The fourth-order valence-corrected chi connectivity index (χ4v) is 6.55. The van der Waals surface area contributed by atoms with Crippen LogP contribution in [0.2, 0.25) is 0 Å². The van der Waals surface area contributed by atoms with E-state index in [1.165, 1.54) is 16.3 Å². The van der Waals surface area contributed by atoms with Crippen LogP contribution in [-0.4, -0.2) is 11.7 Å². The first-order valence-electron chi connectivity index (χ1n) is 15.9. The van der Waals surface area contributed by atoms with Crippen LogP contribution in [0.25, 0.3) is 55.0 Å². The SMILES string of the molecule is c1ccc(C2=NC(c3cccc4oc5cc(-c6ccc7ccccc7c6)ccc5c34)NC(c3ccc(-c4ccccc4)cc3)=N2)cc1. The van der Waals surface area contributed by atoms with Gasteiger partial charge < -0.3 is 9.73 Å². The highest BCUT2D eigenvalue weighted by Crippen LogP contribution is 2.38.